The summed E-state index contributed by atoms with van der Waals surface area (Å²) >= 11 is 0. The van der Waals surface area contributed by atoms with Gasteiger partial charge >= 0.3 is 0 Å². The predicted octanol–water partition coefficient (Wildman–Crippen LogP) is 4.70. The maximum atomic E-state index is 14.4. The largest absolute Gasteiger partial charge is 0.348 e. The van der Waals surface area contributed by atoms with Gasteiger partial charge in [-0.05, 0) is 57.4 Å². The predicted molar refractivity (Wildman–Crippen MR) is 101 cm³/mol. The minimum Gasteiger partial charge on any atom is -0.348 e. The molecule has 0 spiro atoms. The number of hydrogen-bond donors (Lipinski definition) is 1. The molecule has 1 aromatic carbocycles. The molecule has 0 bridgehead atoms. The Labute approximate surface area is 153 Å². The number of alkyl halides is 1. The van der Waals surface area contributed by atoms with E-state index in [-0.39, 0.29) is 11.7 Å². The van der Waals surface area contributed by atoms with Gasteiger partial charge in [0.2, 0.25) is 0 Å². The minimum atomic E-state index is -1.57. The Balaban J connectivity index is 2.05. The quantitative estimate of drug-likeness (QED) is 0.724. The van der Waals surface area contributed by atoms with E-state index in [1.165, 1.54) is 30.5 Å². The highest BCUT2D eigenvalue weighted by atomic mass is 19.1. The normalized spacial score (nSPS) is 13.0. The summed E-state index contributed by atoms with van der Waals surface area (Å²) in [5.41, 5.74) is 4.80. The monoisotopic (exact) mass is 352 g/mol. The van der Waals surface area contributed by atoms with Crippen LogP contribution in [-0.2, 0) is 12.1 Å². The maximum Gasteiger partial charge on any atom is 0.165 e. The fourth-order valence-electron chi connectivity index (χ4n) is 3.21. The number of benzene rings is 1. The zero-order chi connectivity index (χ0) is 18.9. The number of halogens is 1. The van der Waals surface area contributed by atoms with E-state index in [4.69, 9.17) is 0 Å². The number of aromatic nitrogens is 4. The summed E-state index contributed by atoms with van der Waals surface area (Å²) < 4.78 is 14.4. The highest BCUT2D eigenvalue weighted by Crippen LogP contribution is 2.31. The van der Waals surface area contributed by atoms with Crippen molar-refractivity contribution in [2.45, 2.75) is 52.6 Å². The van der Waals surface area contributed by atoms with Crippen molar-refractivity contribution in [2.75, 3.05) is 0 Å². The number of imidazole rings is 1. The first-order valence-corrected chi connectivity index (χ1v) is 8.84. The Morgan fingerprint density at radius 1 is 1.15 bits per heavy atom. The van der Waals surface area contributed by atoms with Gasteiger partial charge in [-0.1, -0.05) is 18.2 Å². The van der Waals surface area contributed by atoms with Gasteiger partial charge < -0.3 is 4.98 Å². The molecule has 2 heterocycles. The molecule has 0 radical (unpaired) electrons. The lowest BCUT2D eigenvalue weighted by molar-refractivity contribution is 0.205. The van der Waals surface area contributed by atoms with Crippen molar-refractivity contribution < 1.29 is 4.39 Å². The zero-order valence-corrected chi connectivity index (χ0v) is 16.0. The molecule has 1 atom stereocenters. The third-order valence-electron chi connectivity index (χ3n) is 4.77. The first kappa shape index (κ1) is 18.2. The second kappa shape index (κ2) is 6.98. The topological polar surface area (TPSA) is 54.5 Å². The molecule has 26 heavy (non-hydrogen) atoms. The van der Waals surface area contributed by atoms with Crippen molar-refractivity contribution in [1.29, 1.82) is 0 Å². The van der Waals surface area contributed by atoms with Crippen LogP contribution in [0.5, 0.6) is 0 Å². The van der Waals surface area contributed by atoms with Crippen molar-refractivity contribution >= 4 is 0 Å². The lowest BCUT2D eigenvalue weighted by Gasteiger charge is -2.21. The van der Waals surface area contributed by atoms with E-state index < -0.39 is 5.67 Å². The Kier molecular flexibility index (Phi) is 4.90. The van der Waals surface area contributed by atoms with Crippen molar-refractivity contribution in [1.82, 2.24) is 19.9 Å². The molecule has 136 valence electrons. The van der Waals surface area contributed by atoms with E-state index in [1.54, 1.807) is 6.33 Å². The first-order chi connectivity index (χ1) is 12.3. The molecule has 2 aromatic heterocycles. The molecular formula is C21H25FN4. The number of aromatic amines is 1. The molecule has 0 aliphatic rings. The molecule has 4 nitrogen and oxygen atoms in total. The molecule has 0 saturated carbocycles. The van der Waals surface area contributed by atoms with Gasteiger partial charge in [0.15, 0.2) is 11.5 Å². The number of aryl methyl sites for hydroxylation is 2. The smallest absolute Gasteiger partial charge is 0.165 e. The van der Waals surface area contributed by atoms with E-state index in [2.05, 4.69) is 52.0 Å². The molecule has 5 heteroatoms. The molecule has 0 fully saturated rings. The summed E-state index contributed by atoms with van der Waals surface area (Å²) in [5, 5.41) is 0. The third-order valence-corrected chi connectivity index (χ3v) is 4.77. The van der Waals surface area contributed by atoms with Gasteiger partial charge in [-0.3, -0.25) is 0 Å². The lowest BCUT2D eigenvalue weighted by atomic mass is 9.87. The standard InChI is InChI=1S/C21H25FN4/c1-13-7-6-8-17(15(13)3)18(19-11-23-12-24-19)10-16-9-14(2)25-20(26-16)21(4,5)22/h6-9,11-12,18H,10H2,1-5H3,(H,23,24). The first-order valence-electron chi connectivity index (χ1n) is 8.84. The molecule has 1 N–H and O–H groups in total. The lowest BCUT2D eigenvalue weighted by Crippen LogP contribution is -2.17. The SMILES string of the molecule is Cc1cc(CC(c2cnc[nH]2)c2cccc(C)c2C)nc(C(C)(C)F)n1. The van der Waals surface area contributed by atoms with Gasteiger partial charge in [0.25, 0.3) is 0 Å². The van der Waals surface area contributed by atoms with Gasteiger partial charge in [0.1, 0.15) is 0 Å². The van der Waals surface area contributed by atoms with Crippen LogP contribution in [0.15, 0.2) is 36.8 Å². The van der Waals surface area contributed by atoms with Crippen LogP contribution in [0, 0.1) is 20.8 Å². The number of H-pyrrole nitrogens is 1. The van der Waals surface area contributed by atoms with E-state index in [1.807, 2.05) is 19.2 Å². The van der Waals surface area contributed by atoms with Crippen LogP contribution in [0.3, 0.4) is 0 Å². The highest BCUT2D eigenvalue weighted by molar-refractivity contribution is 5.40. The van der Waals surface area contributed by atoms with Crippen LogP contribution in [-0.4, -0.2) is 19.9 Å². The molecule has 1 unspecified atom stereocenters. The molecule has 3 aromatic rings. The van der Waals surface area contributed by atoms with Crippen molar-refractivity contribution in [3.8, 4) is 0 Å². The number of nitrogens with zero attached hydrogens (tertiary/aromatic N) is 3. The Bertz CT molecular complexity index is 895. The summed E-state index contributed by atoms with van der Waals surface area (Å²) in [5.74, 6) is 0.305. The molecule has 3 rings (SSSR count). The molecule has 0 aliphatic heterocycles. The fourth-order valence-corrected chi connectivity index (χ4v) is 3.21. The van der Waals surface area contributed by atoms with Crippen LogP contribution >= 0.6 is 0 Å². The third kappa shape index (κ3) is 3.82. The van der Waals surface area contributed by atoms with Crippen molar-refractivity contribution in [2.24, 2.45) is 0 Å². The zero-order valence-electron chi connectivity index (χ0n) is 16.0. The number of nitrogens with one attached hydrogen (secondary N) is 1. The molecule has 0 aliphatic carbocycles. The van der Waals surface area contributed by atoms with E-state index >= 15 is 0 Å². The van der Waals surface area contributed by atoms with Gasteiger partial charge in [-0.2, -0.15) is 0 Å². The summed E-state index contributed by atoms with van der Waals surface area (Å²) in [4.78, 5) is 16.2. The van der Waals surface area contributed by atoms with Gasteiger partial charge in [0.05, 0.1) is 6.33 Å². The van der Waals surface area contributed by atoms with Crippen LogP contribution in [0.2, 0.25) is 0 Å². The highest BCUT2D eigenvalue weighted by Gasteiger charge is 2.25. The Morgan fingerprint density at radius 2 is 1.92 bits per heavy atom. The van der Waals surface area contributed by atoms with Crippen LogP contribution in [0.4, 0.5) is 4.39 Å². The average molecular weight is 352 g/mol. The van der Waals surface area contributed by atoms with Gasteiger partial charge in [-0.15, -0.1) is 0 Å². The van der Waals surface area contributed by atoms with E-state index in [9.17, 15) is 4.39 Å². The average Bonchev–Trinajstić information content (AvgIpc) is 3.08. The minimum absolute atomic E-state index is 0.0715. The molecular weight excluding hydrogens is 327 g/mol. The summed E-state index contributed by atoms with van der Waals surface area (Å²) in [6.07, 6.45) is 4.19. The second-order valence-corrected chi connectivity index (χ2v) is 7.35. The second-order valence-electron chi connectivity index (χ2n) is 7.35. The Hall–Kier alpha value is -2.56. The van der Waals surface area contributed by atoms with E-state index in [0.717, 1.165) is 17.1 Å². The molecule has 0 amide bonds. The summed E-state index contributed by atoms with van der Waals surface area (Å²) in [6, 6.07) is 8.26. The number of hydrogen-bond acceptors (Lipinski definition) is 3. The van der Waals surface area contributed by atoms with Crippen molar-refractivity contribution in [3.05, 3.63) is 76.4 Å². The Morgan fingerprint density at radius 3 is 2.58 bits per heavy atom. The van der Waals surface area contributed by atoms with Crippen LogP contribution in [0.1, 0.15) is 59.4 Å². The summed E-state index contributed by atoms with van der Waals surface area (Å²) in [7, 11) is 0. The number of rotatable bonds is 5. The summed E-state index contributed by atoms with van der Waals surface area (Å²) in [6.45, 7) is 9.10. The van der Waals surface area contributed by atoms with E-state index in [0.29, 0.717) is 6.42 Å². The van der Waals surface area contributed by atoms with Crippen molar-refractivity contribution in [3.63, 3.8) is 0 Å². The molecule has 0 saturated heterocycles. The van der Waals surface area contributed by atoms with Gasteiger partial charge in [-0.25, -0.2) is 19.3 Å². The van der Waals surface area contributed by atoms with Crippen LogP contribution in [0.25, 0.3) is 0 Å². The maximum absolute atomic E-state index is 14.4. The van der Waals surface area contributed by atoms with Gasteiger partial charge in [0, 0.05) is 35.6 Å². The fraction of sp³-hybridized carbons (Fsp3) is 0.381. The van der Waals surface area contributed by atoms with Crippen LogP contribution < -0.4 is 0 Å².